The zero-order valence-corrected chi connectivity index (χ0v) is 7.71. The van der Waals surface area contributed by atoms with Gasteiger partial charge in [-0.1, -0.05) is 0 Å². The summed E-state index contributed by atoms with van der Waals surface area (Å²) < 4.78 is 4.87. The number of amides is 1. The lowest BCUT2D eigenvalue weighted by atomic mass is 10.2. The Morgan fingerprint density at radius 2 is 2.08 bits per heavy atom. The lowest BCUT2D eigenvalue weighted by molar-refractivity contribution is 0.0426. The van der Waals surface area contributed by atoms with E-state index < -0.39 is 11.7 Å². The van der Waals surface area contributed by atoms with Gasteiger partial charge in [0, 0.05) is 7.05 Å². The van der Waals surface area contributed by atoms with Crippen molar-refractivity contribution >= 4 is 6.09 Å². The van der Waals surface area contributed by atoms with Gasteiger partial charge in [0.2, 0.25) is 0 Å². The van der Waals surface area contributed by atoms with E-state index in [0.29, 0.717) is 0 Å². The molecule has 0 saturated heterocycles. The molecule has 0 aliphatic heterocycles. The van der Waals surface area contributed by atoms with Crippen molar-refractivity contribution in [2.24, 2.45) is 0 Å². The van der Waals surface area contributed by atoms with Crippen molar-refractivity contribution in [2.45, 2.75) is 26.4 Å². The number of nitrogens with one attached hydrogen (secondary N) is 1. The predicted octanol–water partition coefficient (Wildman–Crippen LogP) is 0.839. The Morgan fingerprint density at radius 1 is 1.58 bits per heavy atom. The van der Waals surface area contributed by atoms with Crippen LogP contribution in [0.1, 0.15) is 20.8 Å². The van der Waals surface area contributed by atoms with E-state index in [1.807, 2.05) is 0 Å². The highest BCUT2D eigenvalue weighted by Gasteiger charge is 2.16. The van der Waals surface area contributed by atoms with Crippen molar-refractivity contribution in [3.8, 4) is 6.19 Å². The molecule has 1 amide bonds. The van der Waals surface area contributed by atoms with Crippen LogP contribution >= 0.6 is 0 Å². The van der Waals surface area contributed by atoms with E-state index in [1.165, 1.54) is 7.05 Å². The van der Waals surface area contributed by atoms with Crippen LogP contribution in [-0.4, -0.2) is 23.8 Å². The minimum absolute atomic E-state index is 0.541. The van der Waals surface area contributed by atoms with Crippen LogP contribution in [0.3, 0.4) is 0 Å². The van der Waals surface area contributed by atoms with Gasteiger partial charge in [0.25, 0.3) is 0 Å². The van der Waals surface area contributed by atoms with Crippen molar-refractivity contribution in [3.05, 3.63) is 0 Å². The summed E-state index contributed by atoms with van der Waals surface area (Å²) in [7, 11) is 1.42. The normalized spacial score (nSPS) is 9.92. The molecule has 0 fully saturated rings. The number of hydrogen-bond donors (Lipinski definition) is 1. The molecule has 0 atom stereocenters. The molecule has 0 heterocycles. The average Bonchev–Trinajstić information content (AvgIpc) is 1.82. The largest absolute Gasteiger partial charge is 0.443 e. The summed E-state index contributed by atoms with van der Waals surface area (Å²) >= 11 is 0. The third kappa shape index (κ3) is 5.35. The number of carbonyl (C=O) groups is 1. The lowest BCUT2D eigenvalue weighted by Crippen LogP contribution is -2.39. The molecule has 0 aromatic heterocycles. The summed E-state index contributed by atoms with van der Waals surface area (Å²) in [5.41, 5.74) is 1.66. The summed E-state index contributed by atoms with van der Waals surface area (Å²) in [6.45, 7) is 5.25. The van der Waals surface area contributed by atoms with Gasteiger partial charge in [0.05, 0.1) is 0 Å². The maximum Gasteiger partial charge on any atom is 0.427 e. The standard InChI is InChI=1S/C7H13N3O2/c1-7(2,3)12-6(11)9-10(4)5-8/h1-4H3,(H,9,11). The molecular weight excluding hydrogens is 158 g/mol. The van der Waals surface area contributed by atoms with Crippen LogP contribution in [0.15, 0.2) is 0 Å². The van der Waals surface area contributed by atoms with Crippen LogP contribution in [0.4, 0.5) is 4.79 Å². The number of ether oxygens (including phenoxy) is 1. The van der Waals surface area contributed by atoms with E-state index >= 15 is 0 Å². The Morgan fingerprint density at radius 3 is 2.42 bits per heavy atom. The minimum atomic E-state index is -0.633. The number of hydrogen-bond acceptors (Lipinski definition) is 4. The Balaban J connectivity index is 3.85. The van der Waals surface area contributed by atoms with Crippen molar-refractivity contribution < 1.29 is 9.53 Å². The molecule has 5 heteroatoms. The SMILES string of the molecule is CN(C#N)NC(=O)OC(C)(C)C. The van der Waals surface area contributed by atoms with E-state index in [4.69, 9.17) is 10.00 Å². The van der Waals surface area contributed by atoms with Gasteiger partial charge in [0.1, 0.15) is 5.60 Å². The van der Waals surface area contributed by atoms with Crippen molar-refractivity contribution in [1.82, 2.24) is 10.4 Å². The maximum atomic E-state index is 10.9. The van der Waals surface area contributed by atoms with Crippen LogP contribution in [0, 0.1) is 11.5 Å². The zero-order valence-electron chi connectivity index (χ0n) is 7.71. The highest BCUT2D eigenvalue weighted by molar-refractivity contribution is 5.67. The molecule has 1 N–H and O–H groups in total. The molecule has 5 nitrogen and oxygen atoms in total. The molecule has 0 unspecified atom stereocenters. The van der Waals surface area contributed by atoms with Gasteiger partial charge in [-0.3, -0.25) is 0 Å². The highest BCUT2D eigenvalue weighted by atomic mass is 16.6. The zero-order chi connectivity index (χ0) is 9.78. The van der Waals surface area contributed by atoms with Crippen LogP contribution in [0.25, 0.3) is 0 Å². The second-order valence-electron chi connectivity index (χ2n) is 3.27. The van der Waals surface area contributed by atoms with Gasteiger partial charge in [0.15, 0.2) is 6.19 Å². The highest BCUT2D eigenvalue weighted by Crippen LogP contribution is 2.06. The van der Waals surface area contributed by atoms with Gasteiger partial charge in [-0.05, 0) is 20.8 Å². The minimum Gasteiger partial charge on any atom is -0.443 e. The summed E-state index contributed by atoms with van der Waals surface area (Å²) in [6.07, 6.45) is 1.07. The fraction of sp³-hybridized carbons (Fsp3) is 0.714. The summed E-state index contributed by atoms with van der Waals surface area (Å²) in [5.74, 6) is 0. The second-order valence-corrected chi connectivity index (χ2v) is 3.27. The fourth-order valence-corrected chi connectivity index (χ4v) is 0.463. The molecule has 0 aliphatic rings. The van der Waals surface area contributed by atoms with Gasteiger partial charge < -0.3 is 4.74 Å². The van der Waals surface area contributed by atoms with Gasteiger partial charge in [-0.2, -0.15) is 5.26 Å². The summed E-state index contributed by atoms with van der Waals surface area (Å²) in [5, 5.41) is 9.25. The Kier molecular flexibility index (Phi) is 3.35. The van der Waals surface area contributed by atoms with Gasteiger partial charge in [-0.25, -0.2) is 15.2 Å². The molecule has 0 aliphatic carbocycles. The van der Waals surface area contributed by atoms with Crippen LogP contribution in [0.2, 0.25) is 0 Å². The van der Waals surface area contributed by atoms with Crippen molar-refractivity contribution in [1.29, 1.82) is 5.26 Å². The summed E-state index contributed by atoms with van der Waals surface area (Å²) in [4.78, 5) is 10.9. The molecule has 0 bridgehead atoms. The Bertz CT molecular complexity index is 202. The van der Waals surface area contributed by atoms with E-state index in [-0.39, 0.29) is 0 Å². The average molecular weight is 171 g/mol. The summed E-state index contributed by atoms with van der Waals surface area (Å²) in [6, 6.07) is 0. The first-order valence-electron chi connectivity index (χ1n) is 3.48. The van der Waals surface area contributed by atoms with E-state index in [9.17, 15) is 4.79 Å². The molecular formula is C7H13N3O2. The topological polar surface area (TPSA) is 65.4 Å². The molecule has 0 rings (SSSR count). The first-order valence-corrected chi connectivity index (χ1v) is 3.48. The van der Waals surface area contributed by atoms with E-state index in [2.05, 4.69) is 5.43 Å². The number of nitriles is 1. The molecule has 68 valence electrons. The molecule has 0 spiro atoms. The van der Waals surface area contributed by atoms with E-state index in [1.54, 1.807) is 27.0 Å². The smallest absolute Gasteiger partial charge is 0.427 e. The molecule has 0 radical (unpaired) electrons. The molecule has 0 aromatic carbocycles. The molecule has 12 heavy (non-hydrogen) atoms. The van der Waals surface area contributed by atoms with Gasteiger partial charge >= 0.3 is 6.09 Å². The third-order valence-corrected chi connectivity index (χ3v) is 0.808. The first kappa shape index (κ1) is 10.6. The number of nitrogens with zero attached hydrogens (tertiary/aromatic N) is 2. The molecule has 0 saturated carbocycles. The fourth-order valence-electron chi connectivity index (χ4n) is 0.463. The van der Waals surface area contributed by atoms with E-state index in [0.717, 1.165) is 5.01 Å². The monoisotopic (exact) mass is 171 g/mol. The van der Waals surface area contributed by atoms with Crippen molar-refractivity contribution in [2.75, 3.05) is 7.05 Å². The Labute approximate surface area is 71.9 Å². The number of rotatable bonds is 1. The second kappa shape index (κ2) is 3.81. The maximum absolute atomic E-state index is 10.9. The third-order valence-electron chi connectivity index (χ3n) is 0.808. The Hall–Kier alpha value is -1.44. The van der Waals surface area contributed by atoms with Crippen LogP contribution < -0.4 is 5.43 Å². The first-order chi connectivity index (χ1) is 5.35. The lowest BCUT2D eigenvalue weighted by Gasteiger charge is -2.20. The van der Waals surface area contributed by atoms with Gasteiger partial charge in [-0.15, -0.1) is 0 Å². The predicted molar refractivity (Wildman–Crippen MR) is 42.7 cm³/mol. The van der Waals surface area contributed by atoms with Crippen molar-refractivity contribution in [3.63, 3.8) is 0 Å². The van der Waals surface area contributed by atoms with Crippen LogP contribution in [0.5, 0.6) is 0 Å². The number of hydrazine groups is 1. The molecule has 0 aromatic rings. The number of carbonyl (C=O) groups excluding carboxylic acids is 1. The van der Waals surface area contributed by atoms with Crippen LogP contribution in [-0.2, 0) is 4.74 Å². The quantitative estimate of drug-likeness (QED) is 0.360.